The number of carbonyl (C=O) groups excluding carboxylic acids is 1. The standard InChI is InChI=1S/C14H20O3/c1-10(2)13(9-14(15)17-4)11-6-5-7-12(8-11)16-3/h5-8,10,13H,9H2,1-4H3. The summed E-state index contributed by atoms with van der Waals surface area (Å²) < 4.78 is 9.94. The quantitative estimate of drug-likeness (QED) is 0.737. The third-order valence-electron chi connectivity index (χ3n) is 2.94. The van der Waals surface area contributed by atoms with Crippen molar-refractivity contribution < 1.29 is 14.3 Å². The molecular weight excluding hydrogens is 216 g/mol. The van der Waals surface area contributed by atoms with Crippen molar-refractivity contribution in [2.24, 2.45) is 5.92 Å². The first-order valence-corrected chi connectivity index (χ1v) is 5.79. The summed E-state index contributed by atoms with van der Waals surface area (Å²) in [6.45, 7) is 4.21. The summed E-state index contributed by atoms with van der Waals surface area (Å²) in [5.74, 6) is 1.18. The lowest BCUT2D eigenvalue weighted by atomic mass is 9.86. The lowest BCUT2D eigenvalue weighted by molar-refractivity contribution is -0.141. The van der Waals surface area contributed by atoms with Gasteiger partial charge in [-0.2, -0.15) is 0 Å². The molecule has 0 bridgehead atoms. The summed E-state index contributed by atoms with van der Waals surface area (Å²) in [4.78, 5) is 11.4. The zero-order valence-electron chi connectivity index (χ0n) is 10.9. The molecule has 0 saturated heterocycles. The first kappa shape index (κ1) is 13.6. The van der Waals surface area contributed by atoms with Crippen molar-refractivity contribution in [3.8, 4) is 5.75 Å². The first-order valence-electron chi connectivity index (χ1n) is 5.79. The molecule has 0 aliphatic heterocycles. The molecule has 1 unspecified atom stereocenters. The molecule has 1 rings (SSSR count). The maximum atomic E-state index is 11.4. The van der Waals surface area contributed by atoms with Crippen LogP contribution in [0.15, 0.2) is 24.3 Å². The van der Waals surface area contributed by atoms with Crippen LogP contribution in [0.25, 0.3) is 0 Å². The fraction of sp³-hybridized carbons (Fsp3) is 0.500. The molecule has 0 aliphatic carbocycles. The van der Waals surface area contributed by atoms with Crippen LogP contribution < -0.4 is 4.74 Å². The van der Waals surface area contributed by atoms with E-state index < -0.39 is 0 Å². The maximum Gasteiger partial charge on any atom is 0.306 e. The lowest BCUT2D eigenvalue weighted by Gasteiger charge is -2.20. The van der Waals surface area contributed by atoms with Crippen molar-refractivity contribution in [2.45, 2.75) is 26.2 Å². The molecule has 1 aromatic rings. The lowest BCUT2D eigenvalue weighted by Crippen LogP contribution is -2.13. The van der Waals surface area contributed by atoms with E-state index in [0.717, 1.165) is 11.3 Å². The van der Waals surface area contributed by atoms with Crippen LogP contribution in [0.4, 0.5) is 0 Å². The highest BCUT2D eigenvalue weighted by Crippen LogP contribution is 2.30. The largest absolute Gasteiger partial charge is 0.497 e. The van der Waals surface area contributed by atoms with Crippen LogP contribution in [0.2, 0.25) is 0 Å². The van der Waals surface area contributed by atoms with E-state index in [1.807, 2.05) is 24.3 Å². The molecular formula is C14H20O3. The average molecular weight is 236 g/mol. The predicted molar refractivity (Wildman–Crippen MR) is 67.2 cm³/mol. The van der Waals surface area contributed by atoms with E-state index in [4.69, 9.17) is 9.47 Å². The van der Waals surface area contributed by atoms with Gasteiger partial charge in [0, 0.05) is 0 Å². The Labute approximate surface area is 103 Å². The fourth-order valence-electron chi connectivity index (χ4n) is 1.87. The first-order chi connectivity index (χ1) is 8.08. The van der Waals surface area contributed by atoms with Gasteiger partial charge in [-0.05, 0) is 29.5 Å². The van der Waals surface area contributed by atoms with Crippen molar-refractivity contribution in [3.05, 3.63) is 29.8 Å². The van der Waals surface area contributed by atoms with Crippen molar-refractivity contribution in [1.82, 2.24) is 0 Å². The van der Waals surface area contributed by atoms with E-state index in [1.165, 1.54) is 7.11 Å². The van der Waals surface area contributed by atoms with Gasteiger partial charge in [-0.1, -0.05) is 26.0 Å². The Morgan fingerprint density at radius 3 is 2.53 bits per heavy atom. The molecule has 0 fully saturated rings. The van der Waals surface area contributed by atoms with Crippen LogP contribution in [0.5, 0.6) is 5.75 Å². The van der Waals surface area contributed by atoms with Crippen LogP contribution in [0, 0.1) is 5.92 Å². The topological polar surface area (TPSA) is 35.5 Å². The average Bonchev–Trinajstić information content (AvgIpc) is 2.35. The van der Waals surface area contributed by atoms with E-state index in [0.29, 0.717) is 12.3 Å². The summed E-state index contributed by atoms with van der Waals surface area (Å²) in [6.07, 6.45) is 0.404. The normalized spacial score (nSPS) is 12.3. The predicted octanol–water partition coefficient (Wildman–Crippen LogP) is 3.00. The number of rotatable bonds is 5. The molecule has 1 atom stereocenters. The van der Waals surface area contributed by atoms with Gasteiger partial charge in [0.15, 0.2) is 0 Å². The molecule has 3 heteroatoms. The Hall–Kier alpha value is -1.51. The molecule has 0 spiro atoms. The zero-order chi connectivity index (χ0) is 12.8. The molecule has 0 saturated carbocycles. The summed E-state index contributed by atoms with van der Waals surface area (Å²) >= 11 is 0. The Balaban J connectivity index is 2.92. The Morgan fingerprint density at radius 2 is 2.00 bits per heavy atom. The minimum Gasteiger partial charge on any atom is -0.497 e. The van der Waals surface area contributed by atoms with Crippen molar-refractivity contribution in [1.29, 1.82) is 0 Å². The molecule has 94 valence electrons. The molecule has 0 radical (unpaired) electrons. The highest BCUT2D eigenvalue weighted by molar-refractivity contribution is 5.70. The number of methoxy groups -OCH3 is 2. The molecule has 0 aromatic heterocycles. The molecule has 17 heavy (non-hydrogen) atoms. The van der Waals surface area contributed by atoms with Crippen molar-refractivity contribution in [2.75, 3.05) is 14.2 Å². The summed E-state index contributed by atoms with van der Waals surface area (Å²) in [6, 6.07) is 7.85. The SMILES string of the molecule is COC(=O)CC(c1cccc(OC)c1)C(C)C. The van der Waals surface area contributed by atoms with Gasteiger partial charge in [0.05, 0.1) is 20.6 Å². The van der Waals surface area contributed by atoms with E-state index in [9.17, 15) is 4.79 Å². The van der Waals surface area contributed by atoms with E-state index in [2.05, 4.69) is 13.8 Å². The van der Waals surface area contributed by atoms with Gasteiger partial charge in [0.2, 0.25) is 0 Å². The second-order valence-corrected chi connectivity index (χ2v) is 4.41. The number of benzene rings is 1. The number of ether oxygens (including phenoxy) is 2. The summed E-state index contributed by atoms with van der Waals surface area (Å²) in [5.41, 5.74) is 1.12. The van der Waals surface area contributed by atoms with Gasteiger partial charge in [-0.15, -0.1) is 0 Å². The van der Waals surface area contributed by atoms with Gasteiger partial charge >= 0.3 is 5.97 Å². The van der Waals surface area contributed by atoms with Gasteiger partial charge < -0.3 is 9.47 Å². The Bertz CT molecular complexity index is 371. The maximum absolute atomic E-state index is 11.4. The third-order valence-corrected chi connectivity index (χ3v) is 2.94. The number of hydrogen-bond acceptors (Lipinski definition) is 3. The minimum atomic E-state index is -0.175. The van der Waals surface area contributed by atoms with Gasteiger partial charge in [-0.3, -0.25) is 4.79 Å². The number of carbonyl (C=O) groups is 1. The van der Waals surface area contributed by atoms with Gasteiger partial charge in [0.25, 0.3) is 0 Å². The smallest absolute Gasteiger partial charge is 0.306 e. The van der Waals surface area contributed by atoms with Crippen LogP contribution in [0.1, 0.15) is 31.7 Å². The van der Waals surface area contributed by atoms with Crippen LogP contribution >= 0.6 is 0 Å². The second kappa shape index (κ2) is 6.28. The van der Waals surface area contributed by atoms with E-state index in [-0.39, 0.29) is 11.9 Å². The Morgan fingerprint density at radius 1 is 1.29 bits per heavy atom. The third kappa shape index (κ3) is 3.77. The molecule has 0 aliphatic rings. The second-order valence-electron chi connectivity index (χ2n) is 4.41. The molecule has 0 amide bonds. The van der Waals surface area contributed by atoms with Crippen molar-refractivity contribution >= 4 is 5.97 Å². The van der Waals surface area contributed by atoms with Crippen LogP contribution in [-0.2, 0) is 9.53 Å². The van der Waals surface area contributed by atoms with Gasteiger partial charge in [0.1, 0.15) is 5.75 Å². The zero-order valence-corrected chi connectivity index (χ0v) is 10.9. The molecule has 1 aromatic carbocycles. The monoisotopic (exact) mass is 236 g/mol. The summed E-state index contributed by atoms with van der Waals surface area (Å²) in [5, 5.41) is 0. The highest BCUT2D eigenvalue weighted by Gasteiger charge is 2.20. The van der Waals surface area contributed by atoms with E-state index in [1.54, 1.807) is 7.11 Å². The minimum absolute atomic E-state index is 0.164. The molecule has 3 nitrogen and oxygen atoms in total. The van der Waals surface area contributed by atoms with Gasteiger partial charge in [-0.25, -0.2) is 0 Å². The Kier molecular flexibility index (Phi) is 5.01. The van der Waals surface area contributed by atoms with Crippen LogP contribution in [0.3, 0.4) is 0 Å². The number of hydrogen-bond donors (Lipinski definition) is 0. The molecule has 0 N–H and O–H groups in total. The fourth-order valence-corrected chi connectivity index (χ4v) is 1.87. The van der Waals surface area contributed by atoms with Crippen LogP contribution in [-0.4, -0.2) is 20.2 Å². The van der Waals surface area contributed by atoms with Crippen molar-refractivity contribution in [3.63, 3.8) is 0 Å². The summed E-state index contributed by atoms with van der Waals surface area (Å²) in [7, 11) is 3.06. The molecule has 0 heterocycles. The highest BCUT2D eigenvalue weighted by atomic mass is 16.5. The number of esters is 1. The van der Waals surface area contributed by atoms with E-state index >= 15 is 0 Å².